The molecule has 106 valence electrons. The topological polar surface area (TPSA) is 49.4 Å². The molecule has 2 fully saturated rings. The van der Waals surface area contributed by atoms with E-state index in [1.54, 1.807) is 0 Å². The van der Waals surface area contributed by atoms with Crippen LogP contribution in [0.25, 0.3) is 0 Å². The second-order valence-corrected chi connectivity index (χ2v) is 5.79. The second-order valence-electron chi connectivity index (χ2n) is 5.79. The van der Waals surface area contributed by atoms with Crippen LogP contribution in [0.1, 0.15) is 31.7 Å². The number of hydrogen-bond donors (Lipinski definition) is 1. The molecule has 0 saturated carbocycles. The fraction of sp³-hybridized carbons (Fsp3) is 0.500. The number of nitrogens with one attached hydrogen (secondary N) is 1. The van der Waals surface area contributed by atoms with Gasteiger partial charge in [0, 0.05) is 6.04 Å². The molecule has 2 saturated heterocycles. The fourth-order valence-electron chi connectivity index (χ4n) is 3.25. The molecule has 2 aliphatic heterocycles. The van der Waals surface area contributed by atoms with Crippen molar-refractivity contribution >= 4 is 11.8 Å². The van der Waals surface area contributed by atoms with Crippen LogP contribution in [0.3, 0.4) is 0 Å². The number of likely N-dealkylation sites (tertiary alicyclic amines) is 1. The summed E-state index contributed by atoms with van der Waals surface area (Å²) in [6, 6.07) is 9.61. The van der Waals surface area contributed by atoms with Gasteiger partial charge in [-0.1, -0.05) is 30.3 Å². The van der Waals surface area contributed by atoms with Crippen LogP contribution in [0.4, 0.5) is 0 Å². The number of piperidine rings is 1. The Bertz CT molecular complexity index is 492. The van der Waals surface area contributed by atoms with E-state index in [-0.39, 0.29) is 29.9 Å². The lowest BCUT2D eigenvalue weighted by Crippen LogP contribution is -2.66. The number of piperazine rings is 1. The van der Waals surface area contributed by atoms with E-state index in [2.05, 4.69) is 5.32 Å². The first-order valence-corrected chi connectivity index (χ1v) is 7.33. The minimum absolute atomic E-state index is 0.0469. The van der Waals surface area contributed by atoms with Crippen LogP contribution in [-0.4, -0.2) is 34.8 Å². The predicted octanol–water partition coefficient (Wildman–Crippen LogP) is 1.50. The number of imide groups is 1. The van der Waals surface area contributed by atoms with Crippen LogP contribution < -0.4 is 5.32 Å². The average Bonchev–Trinajstić information content (AvgIpc) is 2.47. The van der Waals surface area contributed by atoms with Crippen molar-refractivity contribution in [3.05, 3.63) is 35.9 Å². The molecule has 2 bridgehead atoms. The van der Waals surface area contributed by atoms with E-state index in [1.807, 2.05) is 37.3 Å². The van der Waals surface area contributed by atoms with Gasteiger partial charge in [-0.15, -0.1) is 0 Å². The second kappa shape index (κ2) is 5.37. The predicted molar refractivity (Wildman–Crippen MR) is 76.0 cm³/mol. The molecular weight excluding hydrogens is 252 g/mol. The van der Waals surface area contributed by atoms with Gasteiger partial charge >= 0.3 is 0 Å². The molecule has 4 heteroatoms. The number of nitrogens with zero attached hydrogens (tertiary/aromatic N) is 1. The zero-order valence-corrected chi connectivity index (χ0v) is 11.7. The Morgan fingerprint density at radius 2 is 1.75 bits per heavy atom. The third kappa shape index (κ3) is 2.36. The summed E-state index contributed by atoms with van der Waals surface area (Å²) in [4.78, 5) is 26.3. The van der Waals surface area contributed by atoms with E-state index in [9.17, 15) is 9.59 Å². The van der Waals surface area contributed by atoms with Gasteiger partial charge in [-0.3, -0.25) is 19.8 Å². The van der Waals surface area contributed by atoms with Crippen molar-refractivity contribution in [2.45, 2.75) is 50.7 Å². The van der Waals surface area contributed by atoms with E-state index >= 15 is 0 Å². The highest BCUT2D eigenvalue weighted by atomic mass is 16.2. The lowest BCUT2D eigenvalue weighted by molar-refractivity contribution is -0.156. The molecule has 1 aromatic rings. The Morgan fingerprint density at radius 1 is 1.15 bits per heavy atom. The number of amides is 2. The lowest BCUT2D eigenvalue weighted by Gasteiger charge is -2.42. The van der Waals surface area contributed by atoms with E-state index in [1.165, 1.54) is 4.90 Å². The van der Waals surface area contributed by atoms with Gasteiger partial charge in [0.15, 0.2) is 0 Å². The van der Waals surface area contributed by atoms with Gasteiger partial charge in [-0.25, -0.2) is 0 Å². The summed E-state index contributed by atoms with van der Waals surface area (Å²) < 4.78 is 0. The van der Waals surface area contributed by atoms with Gasteiger partial charge in [0.1, 0.15) is 0 Å². The molecule has 3 rings (SSSR count). The first kappa shape index (κ1) is 13.3. The van der Waals surface area contributed by atoms with Gasteiger partial charge in [0.2, 0.25) is 11.8 Å². The number of hydrogen-bond acceptors (Lipinski definition) is 3. The summed E-state index contributed by atoms with van der Waals surface area (Å²) in [5.74, 6) is -0.0937. The van der Waals surface area contributed by atoms with Crippen LogP contribution in [-0.2, 0) is 16.0 Å². The summed E-state index contributed by atoms with van der Waals surface area (Å²) in [5, 5.41) is 3.16. The average molecular weight is 272 g/mol. The molecule has 0 radical (unpaired) electrons. The van der Waals surface area contributed by atoms with E-state index in [4.69, 9.17) is 0 Å². The molecule has 0 spiro atoms. The van der Waals surface area contributed by atoms with Gasteiger partial charge in [-0.05, 0) is 38.2 Å². The smallest absolute Gasteiger partial charge is 0.246 e. The minimum Gasteiger partial charge on any atom is -0.295 e. The van der Waals surface area contributed by atoms with Crippen molar-refractivity contribution in [2.75, 3.05) is 0 Å². The number of fused-ring (bicyclic) bond motifs is 2. The van der Waals surface area contributed by atoms with Crippen LogP contribution >= 0.6 is 0 Å². The summed E-state index contributed by atoms with van der Waals surface area (Å²) in [6.45, 7) is 1.96. The van der Waals surface area contributed by atoms with Crippen LogP contribution in [0, 0.1) is 0 Å². The first-order valence-electron chi connectivity index (χ1n) is 7.33. The highest BCUT2D eigenvalue weighted by Gasteiger charge is 2.44. The Labute approximate surface area is 119 Å². The largest absolute Gasteiger partial charge is 0.295 e. The molecular formula is C16H20N2O2. The maximum atomic E-state index is 12.4. The first-order chi connectivity index (χ1) is 9.66. The zero-order valence-electron chi connectivity index (χ0n) is 11.7. The van der Waals surface area contributed by atoms with Crippen molar-refractivity contribution < 1.29 is 9.59 Å². The molecule has 1 aromatic carbocycles. The van der Waals surface area contributed by atoms with Gasteiger partial charge in [-0.2, -0.15) is 0 Å². The fourth-order valence-corrected chi connectivity index (χ4v) is 3.25. The Kier molecular flexibility index (Phi) is 3.57. The van der Waals surface area contributed by atoms with Gasteiger partial charge in [0.25, 0.3) is 0 Å². The van der Waals surface area contributed by atoms with Gasteiger partial charge < -0.3 is 0 Å². The molecule has 2 amide bonds. The Hall–Kier alpha value is -1.68. The highest BCUT2D eigenvalue weighted by Crippen LogP contribution is 2.24. The molecule has 2 aliphatic rings. The van der Waals surface area contributed by atoms with E-state index < -0.39 is 0 Å². The molecule has 2 unspecified atom stereocenters. The highest BCUT2D eigenvalue weighted by molar-refractivity contribution is 6.03. The van der Waals surface area contributed by atoms with Crippen LogP contribution in [0.2, 0.25) is 0 Å². The Morgan fingerprint density at radius 3 is 2.35 bits per heavy atom. The minimum atomic E-state index is -0.162. The van der Waals surface area contributed by atoms with Crippen molar-refractivity contribution in [3.8, 4) is 0 Å². The lowest BCUT2D eigenvalue weighted by atomic mass is 9.91. The quantitative estimate of drug-likeness (QED) is 0.848. The molecule has 4 nitrogen and oxygen atoms in total. The summed E-state index contributed by atoms with van der Waals surface area (Å²) in [6.07, 6.45) is 3.37. The number of benzene rings is 1. The maximum Gasteiger partial charge on any atom is 0.246 e. The van der Waals surface area contributed by atoms with Crippen LogP contribution in [0.15, 0.2) is 30.3 Å². The summed E-state index contributed by atoms with van der Waals surface area (Å²) in [7, 11) is 0. The van der Waals surface area contributed by atoms with Crippen molar-refractivity contribution in [3.63, 3.8) is 0 Å². The molecule has 0 aromatic heterocycles. The molecule has 3 atom stereocenters. The standard InChI is InChI=1S/C16H20N2O2/c1-11(10-12-6-3-2-4-7-12)18-15(19)13-8-5-9-14(17-13)16(18)20/h2-4,6-7,11,13-14,17H,5,8-10H2,1H3/t11-,13?,14?/m0/s1. The number of rotatable bonds is 3. The molecule has 2 heterocycles. The normalized spacial score (nSPS) is 27.6. The van der Waals surface area contributed by atoms with Crippen molar-refractivity contribution in [1.82, 2.24) is 10.2 Å². The monoisotopic (exact) mass is 272 g/mol. The maximum absolute atomic E-state index is 12.4. The summed E-state index contributed by atoms with van der Waals surface area (Å²) in [5.41, 5.74) is 1.16. The van der Waals surface area contributed by atoms with Crippen molar-refractivity contribution in [1.29, 1.82) is 0 Å². The third-order valence-electron chi connectivity index (χ3n) is 4.27. The molecule has 20 heavy (non-hydrogen) atoms. The van der Waals surface area contributed by atoms with E-state index in [0.29, 0.717) is 0 Å². The SMILES string of the molecule is C[C@@H](Cc1ccccc1)N1C(=O)C2CCCC(N2)C1=O. The molecule has 1 N–H and O–H groups in total. The van der Waals surface area contributed by atoms with E-state index in [0.717, 1.165) is 31.2 Å². The van der Waals surface area contributed by atoms with Crippen LogP contribution in [0.5, 0.6) is 0 Å². The van der Waals surface area contributed by atoms with Crippen molar-refractivity contribution in [2.24, 2.45) is 0 Å². The Balaban J connectivity index is 1.77. The zero-order chi connectivity index (χ0) is 14.1. The summed E-state index contributed by atoms with van der Waals surface area (Å²) >= 11 is 0. The molecule has 0 aliphatic carbocycles. The van der Waals surface area contributed by atoms with Gasteiger partial charge in [0.05, 0.1) is 12.1 Å². The third-order valence-corrected chi connectivity index (χ3v) is 4.27. The number of carbonyl (C=O) groups excluding carboxylic acids is 2. The number of carbonyl (C=O) groups is 2.